The number of carbonyl (C=O) groups excluding carboxylic acids is 3. The molecular weight excluding hydrogens is 346 g/mol. The van der Waals surface area contributed by atoms with Gasteiger partial charge in [-0.1, -0.05) is 26.0 Å². The zero-order valence-electron chi connectivity index (χ0n) is 16.6. The summed E-state index contributed by atoms with van der Waals surface area (Å²) >= 11 is 0. The monoisotopic (exact) mass is 377 g/mol. The van der Waals surface area contributed by atoms with Crippen LogP contribution in [-0.2, 0) is 19.1 Å². The van der Waals surface area contributed by atoms with Crippen LogP contribution in [0.3, 0.4) is 0 Å². The van der Waals surface area contributed by atoms with Crippen LogP contribution in [0.1, 0.15) is 26.7 Å². The molecule has 2 amide bonds. The van der Waals surface area contributed by atoms with Gasteiger partial charge in [-0.2, -0.15) is 0 Å². The summed E-state index contributed by atoms with van der Waals surface area (Å²) in [6.07, 6.45) is 4.73. The number of nitrogens with zero attached hydrogens (tertiary/aromatic N) is 3. The van der Waals surface area contributed by atoms with E-state index in [1.54, 1.807) is 13.8 Å². The summed E-state index contributed by atoms with van der Waals surface area (Å²) in [4.78, 5) is 43.5. The van der Waals surface area contributed by atoms with Crippen molar-refractivity contribution in [2.75, 3.05) is 46.3 Å². The Morgan fingerprint density at radius 1 is 1.04 bits per heavy atom. The lowest BCUT2D eigenvalue weighted by Crippen LogP contribution is -2.50. The second-order valence-corrected chi connectivity index (χ2v) is 8.26. The Hall–Kier alpha value is -1.73. The number of piperazine rings is 1. The smallest absolute Gasteiger partial charge is 0.308 e. The molecule has 0 aromatic carbocycles. The van der Waals surface area contributed by atoms with Crippen LogP contribution in [0.2, 0.25) is 0 Å². The Kier molecular flexibility index (Phi) is 6.32. The summed E-state index contributed by atoms with van der Waals surface area (Å²) < 4.78 is 5.70. The maximum atomic E-state index is 12.8. The molecule has 0 radical (unpaired) electrons. The number of hydrogen-bond acceptors (Lipinski definition) is 6. The van der Waals surface area contributed by atoms with Crippen LogP contribution in [0, 0.1) is 17.8 Å². The van der Waals surface area contributed by atoms with Crippen molar-refractivity contribution in [3.05, 3.63) is 12.2 Å². The average Bonchev–Trinajstić information content (AvgIpc) is 2.88. The van der Waals surface area contributed by atoms with Gasteiger partial charge in [-0.05, 0) is 19.9 Å². The van der Waals surface area contributed by atoms with Crippen LogP contribution < -0.4 is 0 Å². The molecule has 150 valence electrons. The van der Waals surface area contributed by atoms with E-state index in [0.717, 1.165) is 26.2 Å². The molecule has 7 heteroatoms. The third-order valence-electron chi connectivity index (χ3n) is 5.80. The van der Waals surface area contributed by atoms with Crippen molar-refractivity contribution in [3.63, 3.8) is 0 Å². The van der Waals surface area contributed by atoms with Gasteiger partial charge in [-0.25, -0.2) is 0 Å². The van der Waals surface area contributed by atoms with E-state index in [1.807, 2.05) is 12.2 Å². The van der Waals surface area contributed by atoms with Crippen LogP contribution in [0.4, 0.5) is 0 Å². The van der Waals surface area contributed by atoms with E-state index in [4.69, 9.17) is 4.74 Å². The SMILES string of the molecule is CC(C)C(=O)OC(CN1CCN(C)CC1)CN1C(=O)[C@H]2CC=CC[C@H]2C1=O. The van der Waals surface area contributed by atoms with Gasteiger partial charge in [0.15, 0.2) is 0 Å². The fourth-order valence-corrected chi connectivity index (χ4v) is 4.00. The van der Waals surface area contributed by atoms with E-state index in [1.165, 1.54) is 4.90 Å². The predicted molar refractivity (Wildman–Crippen MR) is 101 cm³/mol. The zero-order chi connectivity index (χ0) is 19.6. The molecule has 3 atom stereocenters. The van der Waals surface area contributed by atoms with Gasteiger partial charge >= 0.3 is 5.97 Å². The highest BCUT2D eigenvalue weighted by atomic mass is 16.5. The molecule has 2 aliphatic heterocycles. The normalized spacial score (nSPS) is 27.9. The van der Waals surface area contributed by atoms with Gasteiger partial charge < -0.3 is 9.64 Å². The first-order chi connectivity index (χ1) is 12.9. The number of likely N-dealkylation sites (tertiary alicyclic amines) is 1. The van der Waals surface area contributed by atoms with Crippen LogP contribution >= 0.6 is 0 Å². The average molecular weight is 377 g/mol. The van der Waals surface area contributed by atoms with Crippen LogP contribution in [0.25, 0.3) is 0 Å². The summed E-state index contributed by atoms with van der Waals surface area (Å²) in [5.74, 6) is -1.24. The quantitative estimate of drug-likeness (QED) is 0.387. The maximum absolute atomic E-state index is 12.8. The van der Waals surface area contributed by atoms with Crippen molar-refractivity contribution in [1.29, 1.82) is 0 Å². The van der Waals surface area contributed by atoms with Crippen LogP contribution in [0.15, 0.2) is 12.2 Å². The van der Waals surface area contributed by atoms with Gasteiger partial charge in [-0.15, -0.1) is 0 Å². The molecule has 3 rings (SSSR count). The Morgan fingerprint density at radius 2 is 1.59 bits per heavy atom. The van der Waals surface area contributed by atoms with E-state index in [9.17, 15) is 14.4 Å². The Bertz CT molecular complexity index is 584. The maximum Gasteiger partial charge on any atom is 0.308 e. The number of likely N-dealkylation sites (N-methyl/N-ethyl adjacent to an activating group) is 1. The molecule has 0 spiro atoms. The second-order valence-electron chi connectivity index (χ2n) is 8.26. The molecule has 0 aromatic rings. The Labute approximate surface area is 161 Å². The van der Waals surface area contributed by atoms with E-state index in [-0.39, 0.29) is 42.1 Å². The molecule has 2 heterocycles. The molecule has 2 saturated heterocycles. The molecular formula is C20H31N3O4. The highest BCUT2D eigenvalue weighted by molar-refractivity contribution is 6.05. The van der Waals surface area contributed by atoms with Crippen molar-refractivity contribution < 1.29 is 19.1 Å². The van der Waals surface area contributed by atoms with E-state index >= 15 is 0 Å². The number of rotatable bonds is 6. The van der Waals surface area contributed by atoms with Crippen molar-refractivity contribution in [3.8, 4) is 0 Å². The highest BCUT2D eigenvalue weighted by Crippen LogP contribution is 2.35. The van der Waals surface area contributed by atoms with Gasteiger partial charge in [0, 0.05) is 32.7 Å². The number of carbonyl (C=O) groups is 3. The Balaban J connectivity index is 1.67. The topological polar surface area (TPSA) is 70.2 Å². The lowest BCUT2D eigenvalue weighted by molar-refractivity contribution is -0.158. The molecule has 0 aromatic heterocycles. The second kappa shape index (κ2) is 8.52. The minimum atomic E-state index is -0.482. The summed E-state index contributed by atoms with van der Waals surface area (Å²) in [5, 5.41) is 0. The van der Waals surface area contributed by atoms with Crippen molar-refractivity contribution in [2.24, 2.45) is 17.8 Å². The molecule has 2 fully saturated rings. The van der Waals surface area contributed by atoms with E-state index < -0.39 is 6.10 Å². The van der Waals surface area contributed by atoms with Gasteiger partial charge in [0.05, 0.1) is 24.3 Å². The van der Waals surface area contributed by atoms with Gasteiger partial charge in [0.2, 0.25) is 11.8 Å². The van der Waals surface area contributed by atoms with Crippen molar-refractivity contribution in [1.82, 2.24) is 14.7 Å². The first kappa shape index (κ1) is 20.0. The number of amides is 2. The van der Waals surface area contributed by atoms with Crippen LogP contribution in [-0.4, -0.2) is 84.9 Å². The fraction of sp³-hybridized carbons (Fsp3) is 0.750. The minimum absolute atomic E-state index is 0.113. The summed E-state index contributed by atoms with van der Waals surface area (Å²) in [6.45, 7) is 8.01. The number of esters is 1. The zero-order valence-corrected chi connectivity index (χ0v) is 16.6. The molecule has 0 N–H and O–H groups in total. The third kappa shape index (κ3) is 4.58. The standard InChI is InChI=1S/C20H31N3O4/c1-14(2)20(26)27-15(12-22-10-8-21(3)9-11-22)13-23-18(24)16-6-4-5-7-17(16)19(23)25/h4-5,14-17H,6-13H2,1-3H3/t15?,16-,17+. The molecule has 3 aliphatic rings. The molecule has 1 unspecified atom stereocenters. The Morgan fingerprint density at radius 3 is 2.11 bits per heavy atom. The molecule has 0 bridgehead atoms. The first-order valence-corrected chi connectivity index (χ1v) is 9.98. The number of hydrogen-bond donors (Lipinski definition) is 0. The van der Waals surface area contributed by atoms with Gasteiger partial charge in [0.25, 0.3) is 0 Å². The fourth-order valence-electron chi connectivity index (χ4n) is 4.00. The summed E-state index contributed by atoms with van der Waals surface area (Å²) in [6, 6.07) is 0. The highest BCUT2D eigenvalue weighted by Gasteiger charge is 2.48. The minimum Gasteiger partial charge on any atom is -0.459 e. The van der Waals surface area contributed by atoms with Gasteiger partial charge in [-0.3, -0.25) is 24.2 Å². The van der Waals surface area contributed by atoms with E-state index in [0.29, 0.717) is 19.4 Å². The number of fused-ring (bicyclic) bond motifs is 1. The summed E-state index contributed by atoms with van der Waals surface area (Å²) in [5.41, 5.74) is 0. The summed E-state index contributed by atoms with van der Waals surface area (Å²) in [7, 11) is 2.09. The number of imide groups is 1. The van der Waals surface area contributed by atoms with Crippen molar-refractivity contribution >= 4 is 17.8 Å². The molecule has 1 aliphatic carbocycles. The third-order valence-corrected chi connectivity index (χ3v) is 5.80. The molecule has 27 heavy (non-hydrogen) atoms. The lowest BCUT2D eigenvalue weighted by atomic mass is 9.85. The van der Waals surface area contributed by atoms with Gasteiger partial charge in [0.1, 0.15) is 6.10 Å². The molecule has 0 saturated carbocycles. The largest absolute Gasteiger partial charge is 0.459 e. The predicted octanol–water partition coefficient (Wildman–Crippen LogP) is 0.753. The van der Waals surface area contributed by atoms with Crippen molar-refractivity contribution in [2.45, 2.75) is 32.8 Å². The van der Waals surface area contributed by atoms with E-state index in [2.05, 4.69) is 16.8 Å². The number of ether oxygens (including phenoxy) is 1. The van der Waals surface area contributed by atoms with Crippen LogP contribution in [0.5, 0.6) is 0 Å². The molecule has 7 nitrogen and oxygen atoms in total. The first-order valence-electron chi connectivity index (χ1n) is 9.98. The number of allylic oxidation sites excluding steroid dienone is 2. The lowest BCUT2D eigenvalue weighted by Gasteiger charge is -2.35.